The molecule has 0 bridgehead atoms. The minimum absolute atomic E-state index is 0.0769. The summed E-state index contributed by atoms with van der Waals surface area (Å²) in [6.07, 6.45) is -0.120. The molecule has 1 amide bonds. The van der Waals surface area contributed by atoms with Gasteiger partial charge in [-0.25, -0.2) is 4.79 Å². The van der Waals surface area contributed by atoms with E-state index in [2.05, 4.69) is 5.32 Å². The maximum absolute atomic E-state index is 12.3. The number of esters is 1. The molecule has 0 aliphatic carbocycles. The van der Waals surface area contributed by atoms with Crippen molar-refractivity contribution in [3.63, 3.8) is 0 Å². The third-order valence-electron chi connectivity index (χ3n) is 3.19. The van der Waals surface area contributed by atoms with Crippen LogP contribution in [0.25, 0.3) is 0 Å². The van der Waals surface area contributed by atoms with E-state index in [0.717, 1.165) is 0 Å². The molecule has 0 spiro atoms. The summed E-state index contributed by atoms with van der Waals surface area (Å²) in [6, 6.07) is 13.6. The first-order chi connectivity index (χ1) is 11.8. The Hall–Kier alpha value is -2.82. The average Bonchev–Trinajstić information content (AvgIpc) is 2.54. The smallest absolute Gasteiger partial charge is 0.338 e. The summed E-state index contributed by atoms with van der Waals surface area (Å²) in [5.41, 5.74) is 1.43. The van der Waals surface area contributed by atoms with Crippen molar-refractivity contribution in [2.75, 3.05) is 5.32 Å². The molecule has 0 aromatic heterocycles. The van der Waals surface area contributed by atoms with E-state index in [0.29, 0.717) is 22.6 Å². The molecule has 25 heavy (non-hydrogen) atoms. The van der Waals surface area contributed by atoms with Crippen molar-refractivity contribution in [3.05, 3.63) is 59.7 Å². The molecule has 2 aromatic carbocycles. The van der Waals surface area contributed by atoms with E-state index in [-0.39, 0.29) is 18.1 Å². The molecule has 2 rings (SSSR count). The molecular weight excluding hydrogens is 318 g/mol. The van der Waals surface area contributed by atoms with Gasteiger partial charge in [-0.3, -0.25) is 4.79 Å². The third kappa shape index (κ3) is 5.64. The summed E-state index contributed by atoms with van der Waals surface area (Å²) >= 11 is 0. The highest BCUT2D eigenvalue weighted by atomic mass is 16.5. The second-order valence-corrected chi connectivity index (χ2v) is 6.18. The molecule has 1 N–H and O–H groups in total. The zero-order valence-electron chi connectivity index (χ0n) is 14.9. The lowest BCUT2D eigenvalue weighted by Gasteiger charge is -2.11. The van der Waals surface area contributed by atoms with Gasteiger partial charge in [0.1, 0.15) is 5.75 Å². The molecule has 0 unspecified atom stereocenters. The molecule has 0 saturated carbocycles. The largest absolute Gasteiger partial charge is 0.491 e. The number of ether oxygens (including phenoxy) is 2. The number of hydrogen-bond donors (Lipinski definition) is 1. The van der Waals surface area contributed by atoms with Crippen LogP contribution in [-0.2, 0) is 4.74 Å². The van der Waals surface area contributed by atoms with Crippen LogP contribution in [-0.4, -0.2) is 24.1 Å². The van der Waals surface area contributed by atoms with E-state index in [1.165, 1.54) is 0 Å². The number of carbonyl (C=O) groups excluding carboxylic acids is 2. The Labute approximate surface area is 148 Å². The first kappa shape index (κ1) is 18.5. The Morgan fingerprint density at radius 3 is 2.16 bits per heavy atom. The number of rotatable bonds is 6. The topological polar surface area (TPSA) is 64.6 Å². The number of hydrogen-bond acceptors (Lipinski definition) is 4. The van der Waals surface area contributed by atoms with Gasteiger partial charge in [0.05, 0.1) is 17.8 Å². The zero-order valence-corrected chi connectivity index (χ0v) is 14.9. The lowest BCUT2D eigenvalue weighted by molar-refractivity contribution is 0.0377. The Morgan fingerprint density at radius 1 is 0.880 bits per heavy atom. The Kier molecular flexibility index (Phi) is 6.17. The highest BCUT2D eigenvalue weighted by Gasteiger charge is 2.11. The molecule has 0 saturated heterocycles. The van der Waals surface area contributed by atoms with E-state index in [4.69, 9.17) is 9.47 Å². The van der Waals surface area contributed by atoms with Gasteiger partial charge in [0, 0.05) is 11.3 Å². The molecule has 0 fully saturated rings. The van der Waals surface area contributed by atoms with Crippen molar-refractivity contribution >= 4 is 17.6 Å². The standard InChI is InChI=1S/C20H23NO4/c1-13(2)24-18-10-8-15(9-11-18)19(22)21-17-7-5-6-16(12-17)20(23)25-14(3)4/h5-14H,1-4H3,(H,21,22). The molecule has 0 atom stereocenters. The fourth-order valence-corrected chi connectivity index (χ4v) is 2.17. The first-order valence-corrected chi connectivity index (χ1v) is 8.24. The van der Waals surface area contributed by atoms with E-state index >= 15 is 0 Å². The molecule has 5 nitrogen and oxygen atoms in total. The molecule has 0 heterocycles. The summed E-state index contributed by atoms with van der Waals surface area (Å²) in [6.45, 7) is 7.46. The van der Waals surface area contributed by atoms with Crippen molar-refractivity contribution < 1.29 is 19.1 Å². The second kappa shape index (κ2) is 8.33. The monoisotopic (exact) mass is 341 g/mol. The molecule has 2 aromatic rings. The molecule has 0 radical (unpaired) electrons. The molecule has 0 aliphatic heterocycles. The van der Waals surface area contributed by atoms with Crippen LogP contribution in [0.4, 0.5) is 5.69 Å². The van der Waals surface area contributed by atoms with Crippen LogP contribution in [0, 0.1) is 0 Å². The second-order valence-electron chi connectivity index (χ2n) is 6.18. The van der Waals surface area contributed by atoms with Crippen LogP contribution >= 0.6 is 0 Å². The predicted molar refractivity (Wildman–Crippen MR) is 97.2 cm³/mol. The Balaban J connectivity index is 2.06. The number of benzene rings is 2. The molecule has 0 aliphatic rings. The van der Waals surface area contributed by atoms with Gasteiger partial charge in [-0.15, -0.1) is 0 Å². The highest BCUT2D eigenvalue weighted by Crippen LogP contribution is 2.17. The van der Waals surface area contributed by atoms with Crippen molar-refractivity contribution in [2.24, 2.45) is 0 Å². The van der Waals surface area contributed by atoms with E-state index in [1.54, 1.807) is 62.4 Å². The van der Waals surface area contributed by atoms with Crippen LogP contribution in [0.2, 0.25) is 0 Å². The van der Waals surface area contributed by atoms with E-state index in [9.17, 15) is 9.59 Å². The average molecular weight is 341 g/mol. The summed E-state index contributed by atoms with van der Waals surface area (Å²) in [5.74, 6) is 0.0386. The minimum Gasteiger partial charge on any atom is -0.491 e. The number of anilines is 1. The lowest BCUT2D eigenvalue weighted by Crippen LogP contribution is -2.14. The van der Waals surface area contributed by atoms with Crippen LogP contribution in [0.1, 0.15) is 48.4 Å². The van der Waals surface area contributed by atoms with Crippen molar-refractivity contribution in [1.82, 2.24) is 0 Å². The Bertz CT molecular complexity index is 736. The fourth-order valence-electron chi connectivity index (χ4n) is 2.17. The van der Waals surface area contributed by atoms with E-state index < -0.39 is 5.97 Å². The summed E-state index contributed by atoms with van der Waals surface area (Å²) in [7, 11) is 0. The van der Waals surface area contributed by atoms with Gasteiger partial charge >= 0.3 is 5.97 Å². The van der Waals surface area contributed by atoms with Gasteiger partial charge in [-0.2, -0.15) is 0 Å². The third-order valence-corrected chi connectivity index (χ3v) is 3.19. The fraction of sp³-hybridized carbons (Fsp3) is 0.300. The van der Waals surface area contributed by atoms with Gasteiger partial charge in [0.15, 0.2) is 0 Å². The van der Waals surface area contributed by atoms with Crippen molar-refractivity contribution in [2.45, 2.75) is 39.9 Å². The Morgan fingerprint density at radius 2 is 1.56 bits per heavy atom. The van der Waals surface area contributed by atoms with E-state index in [1.807, 2.05) is 13.8 Å². The summed E-state index contributed by atoms with van der Waals surface area (Å²) in [5, 5.41) is 2.78. The van der Waals surface area contributed by atoms with Gasteiger partial charge in [0.25, 0.3) is 5.91 Å². The van der Waals surface area contributed by atoms with Gasteiger partial charge in [-0.05, 0) is 70.2 Å². The van der Waals surface area contributed by atoms with Gasteiger partial charge in [-0.1, -0.05) is 6.07 Å². The predicted octanol–water partition coefficient (Wildman–Crippen LogP) is 4.29. The lowest BCUT2D eigenvalue weighted by atomic mass is 10.1. The summed E-state index contributed by atoms with van der Waals surface area (Å²) in [4.78, 5) is 24.3. The maximum Gasteiger partial charge on any atom is 0.338 e. The molecular formula is C20H23NO4. The SMILES string of the molecule is CC(C)OC(=O)c1cccc(NC(=O)c2ccc(OC(C)C)cc2)c1. The number of carbonyl (C=O) groups is 2. The number of amides is 1. The normalized spacial score (nSPS) is 10.6. The van der Waals surface area contributed by atoms with Gasteiger partial charge < -0.3 is 14.8 Å². The first-order valence-electron chi connectivity index (χ1n) is 8.24. The van der Waals surface area contributed by atoms with Crippen molar-refractivity contribution in [3.8, 4) is 5.75 Å². The zero-order chi connectivity index (χ0) is 18.4. The van der Waals surface area contributed by atoms with Crippen LogP contribution in [0.5, 0.6) is 5.75 Å². The molecule has 132 valence electrons. The summed E-state index contributed by atoms with van der Waals surface area (Å²) < 4.78 is 10.7. The van der Waals surface area contributed by atoms with Gasteiger partial charge in [0.2, 0.25) is 0 Å². The van der Waals surface area contributed by atoms with Crippen LogP contribution in [0.15, 0.2) is 48.5 Å². The maximum atomic E-state index is 12.3. The quantitative estimate of drug-likeness (QED) is 0.796. The van der Waals surface area contributed by atoms with Crippen LogP contribution < -0.4 is 10.1 Å². The number of nitrogens with one attached hydrogen (secondary N) is 1. The molecule has 5 heteroatoms. The van der Waals surface area contributed by atoms with Crippen molar-refractivity contribution in [1.29, 1.82) is 0 Å². The highest BCUT2D eigenvalue weighted by molar-refractivity contribution is 6.04. The van der Waals surface area contributed by atoms with Crippen LogP contribution in [0.3, 0.4) is 0 Å². The minimum atomic E-state index is -0.415.